The molecule has 0 atom stereocenters. The molecule has 3 rings (SSSR count). The quantitative estimate of drug-likeness (QED) is 0.680. The molecule has 1 N–H and O–H groups in total. The Balaban J connectivity index is 1.59. The Labute approximate surface area is 141 Å². The molecule has 0 fully saturated rings. The molecule has 0 aliphatic rings. The van der Waals surface area contributed by atoms with Crippen LogP contribution in [0.5, 0.6) is 0 Å². The van der Waals surface area contributed by atoms with Gasteiger partial charge in [0.05, 0.1) is 11.0 Å². The van der Waals surface area contributed by atoms with Gasteiger partial charge in [0.15, 0.2) is 0 Å². The predicted molar refractivity (Wildman–Crippen MR) is 94.9 cm³/mol. The number of pyridine rings is 1. The van der Waals surface area contributed by atoms with Crippen molar-refractivity contribution >= 4 is 16.9 Å². The fourth-order valence-electron chi connectivity index (χ4n) is 2.84. The van der Waals surface area contributed by atoms with Crippen molar-refractivity contribution in [1.29, 1.82) is 0 Å². The van der Waals surface area contributed by atoms with E-state index in [1.165, 1.54) is 5.52 Å². The first-order chi connectivity index (χ1) is 11.8. The topological polar surface area (TPSA) is 59.8 Å². The van der Waals surface area contributed by atoms with Gasteiger partial charge in [0, 0.05) is 37.5 Å². The van der Waals surface area contributed by atoms with Crippen molar-refractivity contribution in [2.75, 3.05) is 6.54 Å². The molecule has 1 aromatic carbocycles. The van der Waals surface area contributed by atoms with Gasteiger partial charge in [0.25, 0.3) is 5.91 Å². The lowest BCUT2D eigenvalue weighted by Gasteiger charge is -2.08. The molecule has 2 aromatic heterocycles. The van der Waals surface area contributed by atoms with Gasteiger partial charge in [-0.1, -0.05) is 19.1 Å². The molecule has 0 bridgehead atoms. The number of hydrogen-bond acceptors (Lipinski definition) is 3. The van der Waals surface area contributed by atoms with Crippen molar-refractivity contribution in [3.8, 4) is 0 Å². The summed E-state index contributed by atoms with van der Waals surface area (Å²) in [5.41, 5.74) is 2.88. The zero-order valence-electron chi connectivity index (χ0n) is 13.9. The van der Waals surface area contributed by atoms with Crippen molar-refractivity contribution < 1.29 is 4.79 Å². The summed E-state index contributed by atoms with van der Waals surface area (Å²) in [4.78, 5) is 20.7. The van der Waals surface area contributed by atoms with E-state index < -0.39 is 0 Å². The molecule has 124 valence electrons. The number of benzene rings is 1. The minimum atomic E-state index is -0.0561. The summed E-state index contributed by atoms with van der Waals surface area (Å²) in [6.45, 7) is 3.78. The second kappa shape index (κ2) is 7.73. The minimum absolute atomic E-state index is 0.0561. The van der Waals surface area contributed by atoms with E-state index in [1.807, 2.05) is 6.07 Å². The molecule has 0 aliphatic carbocycles. The summed E-state index contributed by atoms with van der Waals surface area (Å²) in [5, 5.41) is 2.95. The Kier molecular flexibility index (Phi) is 5.21. The molecule has 1 amide bonds. The Morgan fingerprint density at radius 2 is 1.96 bits per heavy atom. The lowest BCUT2D eigenvalue weighted by atomic mass is 10.2. The van der Waals surface area contributed by atoms with Crippen LogP contribution in [0.3, 0.4) is 0 Å². The zero-order valence-corrected chi connectivity index (χ0v) is 13.9. The molecule has 5 heteroatoms. The third kappa shape index (κ3) is 3.62. The van der Waals surface area contributed by atoms with Gasteiger partial charge in [0.2, 0.25) is 0 Å². The maximum absolute atomic E-state index is 12.0. The minimum Gasteiger partial charge on any atom is -0.352 e. The van der Waals surface area contributed by atoms with Crippen LogP contribution in [-0.4, -0.2) is 27.0 Å². The Morgan fingerprint density at radius 3 is 2.75 bits per heavy atom. The van der Waals surface area contributed by atoms with Gasteiger partial charge < -0.3 is 9.88 Å². The van der Waals surface area contributed by atoms with Crippen LogP contribution in [-0.2, 0) is 13.0 Å². The number of nitrogens with one attached hydrogen (secondary N) is 1. The third-order valence-electron chi connectivity index (χ3n) is 3.99. The number of aryl methyl sites for hydroxylation is 2. The summed E-state index contributed by atoms with van der Waals surface area (Å²) in [6, 6.07) is 11.7. The van der Waals surface area contributed by atoms with Crippen molar-refractivity contribution in [1.82, 2.24) is 19.9 Å². The lowest BCUT2D eigenvalue weighted by molar-refractivity contribution is 0.0953. The third-order valence-corrected chi connectivity index (χ3v) is 3.99. The van der Waals surface area contributed by atoms with E-state index in [0.717, 1.165) is 37.1 Å². The molecule has 0 unspecified atom stereocenters. The lowest BCUT2D eigenvalue weighted by Crippen LogP contribution is -2.25. The van der Waals surface area contributed by atoms with Crippen LogP contribution in [0.2, 0.25) is 0 Å². The van der Waals surface area contributed by atoms with Crippen LogP contribution in [0, 0.1) is 0 Å². The highest BCUT2D eigenvalue weighted by Crippen LogP contribution is 2.17. The van der Waals surface area contributed by atoms with Crippen molar-refractivity contribution in [2.45, 2.75) is 32.7 Å². The monoisotopic (exact) mass is 322 g/mol. The van der Waals surface area contributed by atoms with Crippen molar-refractivity contribution in [3.05, 3.63) is 60.2 Å². The Bertz CT molecular complexity index is 811. The van der Waals surface area contributed by atoms with Crippen molar-refractivity contribution in [3.63, 3.8) is 0 Å². The smallest absolute Gasteiger partial charge is 0.251 e. The zero-order chi connectivity index (χ0) is 16.8. The number of aromatic nitrogens is 3. The van der Waals surface area contributed by atoms with Crippen LogP contribution in [0.25, 0.3) is 11.0 Å². The number of amides is 1. The van der Waals surface area contributed by atoms with Gasteiger partial charge >= 0.3 is 0 Å². The molecule has 0 spiro atoms. The highest BCUT2D eigenvalue weighted by molar-refractivity contribution is 5.93. The van der Waals surface area contributed by atoms with E-state index >= 15 is 0 Å². The molecule has 3 aromatic rings. The van der Waals surface area contributed by atoms with E-state index in [4.69, 9.17) is 4.98 Å². The maximum atomic E-state index is 12.0. The van der Waals surface area contributed by atoms with Crippen LogP contribution in [0.1, 0.15) is 35.9 Å². The summed E-state index contributed by atoms with van der Waals surface area (Å²) in [6.07, 6.45) is 6.05. The normalized spacial score (nSPS) is 10.9. The highest BCUT2D eigenvalue weighted by atomic mass is 16.1. The Morgan fingerprint density at radius 1 is 1.17 bits per heavy atom. The number of carbonyl (C=O) groups is 1. The maximum Gasteiger partial charge on any atom is 0.251 e. The molecule has 5 nitrogen and oxygen atoms in total. The number of rotatable bonds is 7. The first-order valence-corrected chi connectivity index (χ1v) is 8.42. The standard InChI is InChI=1S/C19H22N4O/c1-2-14-23-17-7-4-3-6-16(17)22-18(23)8-5-11-21-19(24)15-9-12-20-13-10-15/h3-4,6-7,9-10,12-13H,2,5,8,11,14H2,1H3,(H,21,24). The number of imidazole rings is 1. The highest BCUT2D eigenvalue weighted by Gasteiger charge is 2.10. The van der Waals surface area contributed by atoms with Crippen LogP contribution >= 0.6 is 0 Å². The molecule has 0 saturated heterocycles. The van der Waals surface area contributed by atoms with Gasteiger partial charge in [-0.2, -0.15) is 0 Å². The summed E-state index contributed by atoms with van der Waals surface area (Å²) in [7, 11) is 0. The van der Waals surface area contributed by atoms with Gasteiger partial charge in [0.1, 0.15) is 5.82 Å². The van der Waals surface area contributed by atoms with Gasteiger partial charge in [-0.15, -0.1) is 0 Å². The molecule has 2 heterocycles. The van der Waals surface area contributed by atoms with E-state index in [1.54, 1.807) is 24.5 Å². The average molecular weight is 322 g/mol. The van der Waals surface area contributed by atoms with E-state index in [0.29, 0.717) is 12.1 Å². The van der Waals surface area contributed by atoms with Crippen LogP contribution in [0.15, 0.2) is 48.8 Å². The van der Waals surface area contributed by atoms with Crippen LogP contribution in [0.4, 0.5) is 0 Å². The van der Waals surface area contributed by atoms with Gasteiger partial charge in [-0.3, -0.25) is 9.78 Å². The van der Waals surface area contributed by atoms with Crippen LogP contribution < -0.4 is 5.32 Å². The second-order valence-corrected chi connectivity index (χ2v) is 5.76. The largest absolute Gasteiger partial charge is 0.352 e. The molecule has 0 saturated carbocycles. The first kappa shape index (κ1) is 16.2. The molecule has 0 radical (unpaired) electrons. The molecular weight excluding hydrogens is 300 g/mol. The number of hydrogen-bond donors (Lipinski definition) is 1. The molecule has 24 heavy (non-hydrogen) atoms. The second-order valence-electron chi connectivity index (χ2n) is 5.76. The summed E-state index contributed by atoms with van der Waals surface area (Å²) >= 11 is 0. The van der Waals surface area contributed by atoms with E-state index in [2.05, 4.69) is 40.0 Å². The van der Waals surface area contributed by atoms with Crippen molar-refractivity contribution in [2.24, 2.45) is 0 Å². The first-order valence-electron chi connectivity index (χ1n) is 8.42. The van der Waals surface area contributed by atoms with E-state index in [9.17, 15) is 4.79 Å². The van der Waals surface area contributed by atoms with E-state index in [-0.39, 0.29) is 5.91 Å². The fraction of sp³-hybridized carbons (Fsp3) is 0.316. The van der Waals surface area contributed by atoms with Gasteiger partial charge in [-0.05, 0) is 37.1 Å². The number of fused-ring (bicyclic) bond motifs is 1. The summed E-state index contributed by atoms with van der Waals surface area (Å²) < 4.78 is 2.29. The SMILES string of the molecule is CCCn1c(CCCNC(=O)c2ccncc2)nc2ccccc21. The Hall–Kier alpha value is -2.69. The summed E-state index contributed by atoms with van der Waals surface area (Å²) in [5.74, 6) is 1.04. The average Bonchev–Trinajstić information content (AvgIpc) is 2.97. The van der Waals surface area contributed by atoms with Gasteiger partial charge in [-0.25, -0.2) is 4.98 Å². The predicted octanol–water partition coefficient (Wildman–Crippen LogP) is 3.20. The molecular formula is C19H22N4O. The number of nitrogens with zero attached hydrogens (tertiary/aromatic N) is 3. The fourth-order valence-corrected chi connectivity index (χ4v) is 2.84. The number of para-hydroxylation sites is 2. The number of carbonyl (C=O) groups excluding carboxylic acids is 1. The molecule has 0 aliphatic heterocycles.